The Hall–Kier alpha value is -2.58. The number of benzene rings is 2. The highest BCUT2D eigenvalue weighted by Crippen LogP contribution is 2.35. The zero-order valence-electron chi connectivity index (χ0n) is 16.1. The molecule has 0 unspecified atom stereocenters. The van der Waals surface area contributed by atoms with E-state index in [1.807, 2.05) is 24.3 Å². The summed E-state index contributed by atoms with van der Waals surface area (Å²) in [6.07, 6.45) is 6.23. The van der Waals surface area contributed by atoms with Crippen molar-refractivity contribution in [1.29, 1.82) is 5.26 Å². The van der Waals surface area contributed by atoms with Gasteiger partial charge >= 0.3 is 0 Å². The van der Waals surface area contributed by atoms with Gasteiger partial charge in [0, 0.05) is 17.4 Å². The van der Waals surface area contributed by atoms with Crippen molar-refractivity contribution in [3.05, 3.63) is 71.0 Å². The number of thioether (sulfide) groups is 1. The van der Waals surface area contributed by atoms with Gasteiger partial charge in [-0.05, 0) is 49.1 Å². The molecule has 1 aromatic heterocycles. The third-order valence-corrected chi connectivity index (χ3v) is 6.36. The van der Waals surface area contributed by atoms with Gasteiger partial charge in [-0.2, -0.15) is 5.26 Å². The van der Waals surface area contributed by atoms with E-state index in [1.54, 1.807) is 11.8 Å². The van der Waals surface area contributed by atoms with Gasteiger partial charge in [-0.15, -0.1) is 10.2 Å². The topological polar surface area (TPSA) is 54.5 Å². The number of nitrogens with zero attached hydrogens (tertiary/aromatic N) is 4. The molecule has 1 aliphatic rings. The van der Waals surface area contributed by atoms with Crippen LogP contribution in [0.3, 0.4) is 0 Å². The summed E-state index contributed by atoms with van der Waals surface area (Å²) in [5, 5.41) is 19.5. The van der Waals surface area contributed by atoms with Crippen LogP contribution in [0.1, 0.15) is 60.5 Å². The molecule has 28 heavy (non-hydrogen) atoms. The molecule has 2 aromatic carbocycles. The number of aromatic nitrogens is 3. The fraction of sp³-hybridized carbons (Fsp3) is 0.348. The van der Waals surface area contributed by atoms with Crippen molar-refractivity contribution in [3.8, 4) is 11.8 Å². The Balaban J connectivity index is 1.68. The Labute approximate surface area is 170 Å². The van der Waals surface area contributed by atoms with Crippen LogP contribution in [0.2, 0.25) is 0 Å². The summed E-state index contributed by atoms with van der Waals surface area (Å²) in [7, 11) is 0. The van der Waals surface area contributed by atoms with E-state index in [0.717, 1.165) is 27.8 Å². The average molecular weight is 389 g/mol. The highest BCUT2D eigenvalue weighted by Gasteiger charge is 2.24. The van der Waals surface area contributed by atoms with E-state index in [-0.39, 0.29) is 0 Å². The van der Waals surface area contributed by atoms with Gasteiger partial charge in [-0.3, -0.25) is 4.57 Å². The second-order valence-electron chi connectivity index (χ2n) is 7.41. The van der Waals surface area contributed by atoms with E-state index in [4.69, 9.17) is 0 Å². The highest BCUT2D eigenvalue weighted by atomic mass is 32.2. The number of hydrogen-bond acceptors (Lipinski definition) is 4. The molecule has 0 amide bonds. The molecule has 0 aliphatic heterocycles. The lowest BCUT2D eigenvalue weighted by atomic mass is 9.88. The number of rotatable bonds is 5. The Morgan fingerprint density at radius 2 is 1.89 bits per heavy atom. The van der Waals surface area contributed by atoms with Crippen molar-refractivity contribution in [2.75, 3.05) is 0 Å². The Kier molecular flexibility index (Phi) is 5.78. The minimum Gasteiger partial charge on any atom is -0.274 e. The molecular formula is C23H24N4S. The molecule has 4 rings (SSSR count). The van der Waals surface area contributed by atoms with Gasteiger partial charge < -0.3 is 0 Å². The molecule has 0 atom stereocenters. The van der Waals surface area contributed by atoms with Gasteiger partial charge in [0.2, 0.25) is 0 Å². The predicted molar refractivity (Wildman–Crippen MR) is 113 cm³/mol. The van der Waals surface area contributed by atoms with E-state index >= 15 is 0 Å². The van der Waals surface area contributed by atoms with Crippen LogP contribution in [-0.2, 0) is 5.75 Å². The standard InChI is InChI=1S/C23H24N4S/c1-17-8-7-13-21(14-17)27-22(18-9-3-2-4-10-18)25-26-23(27)28-16-20-12-6-5-11-19(20)15-24/h5-8,11-14,18H,2-4,9-10,16H2,1H3. The van der Waals surface area contributed by atoms with Crippen molar-refractivity contribution in [1.82, 2.24) is 14.8 Å². The van der Waals surface area contributed by atoms with Gasteiger partial charge in [-0.1, -0.05) is 61.4 Å². The van der Waals surface area contributed by atoms with Gasteiger partial charge in [0.1, 0.15) is 5.82 Å². The summed E-state index contributed by atoms with van der Waals surface area (Å²) in [5.41, 5.74) is 4.12. The van der Waals surface area contributed by atoms with E-state index in [2.05, 4.69) is 52.0 Å². The van der Waals surface area contributed by atoms with Gasteiger partial charge in [0.15, 0.2) is 5.16 Å². The summed E-state index contributed by atoms with van der Waals surface area (Å²) in [4.78, 5) is 0. The maximum Gasteiger partial charge on any atom is 0.196 e. The van der Waals surface area contributed by atoms with Gasteiger partial charge in [0.25, 0.3) is 0 Å². The maximum atomic E-state index is 9.36. The summed E-state index contributed by atoms with van der Waals surface area (Å²) in [6, 6.07) is 18.6. The molecule has 1 saturated carbocycles. The van der Waals surface area contributed by atoms with Crippen LogP contribution in [0.4, 0.5) is 0 Å². The van der Waals surface area contributed by atoms with Crippen molar-refractivity contribution in [2.24, 2.45) is 0 Å². The molecule has 4 nitrogen and oxygen atoms in total. The molecule has 0 radical (unpaired) electrons. The summed E-state index contributed by atoms with van der Waals surface area (Å²) in [5.74, 6) is 2.27. The minimum atomic E-state index is 0.475. The van der Waals surface area contributed by atoms with Crippen LogP contribution < -0.4 is 0 Å². The predicted octanol–water partition coefficient (Wildman–Crippen LogP) is 5.79. The third kappa shape index (κ3) is 3.98. The van der Waals surface area contributed by atoms with E-state index in [0.29, 0.717) is 11.7 Å². The lowest BCUT2D eigenvalue weighted by Crippen LogP contribution is -2.12. The van der Waals surface area contributed by atoms with Crippen molar-refractivity contribution >= 4 is 11.8 Å². The zero-order valence-corrected chi connectivity index (χ0v) is 17.0. The first-order chi connectivity index (χ1) is 13.8. The first-order valence-corrected chi connectivity index (χ1v) is 10.9. The second-order valence-corrected chi connectivity index (χ2v) is 8.35. The molecule has 5 heteroatoms. The smallest absolute Gasteiger partial charge is 0.196 e. The molecule has 0 N–H and O–H groups in total. The zero-order chi connectivity index (χ0) is 19.3. The molecule has 3 aromatic rings. The van der Waals surface area contributed by atoms with Crippen LogP contribution in [0.5, 0.6) is 0 Å². The van der Waals surface area contributed by atoms with Crippen LogP contribution in [-0.4, -0.2) is 14.8 Å². The van der Waals surface area contributed by atoms with Crippen LogP contribution in [0.15, 0.2) is 53.7 Å². The largest absolute Gasteiger partial charge is 0.274 e. The fourth-order valence-corrected chi connectivity index (χ4v) is 4.87. The SMILES string of the molecule is Cc1cccc(-n2c(SCc3ccccc3C#N)nnc2C2CCCCC2)c1. The van der Waals surface area contributed by atoms with Crippen LogP contribution in [0.25, 0.3) is 5.69 Å². The van der Waals surface area contributed by atoms with Gasteiger partial charge in [0.05, 0.1) is 11.6 Å². The van der Waals surface area contributed by atoms with Crippen molar-refractivity contribution in [2.45, 2.75) is 55.9 Å². The first-order valence-electron chi connectivity index (χ1n) is 9.89. The van der Waals surface area contributed by atoms with E-state index < -0.39 is 0 Å². The van der Waals surface area contributed by atoms with E-state index in [1.165, 1.54) is 37.7 Å². The average Bonchev–Trinajstić information content (AvgIpc) is 3.17. The lowest BCUT2D eigenvalue weighted by molar-refractivity contribution is 0.423. The van der Waals surface area contributed by atoms with Crippen LogP contribution in [0, 0.1) is 18.3 Å². The Morgan fingerprint density at radius 1 is 1.07 bits per heavy atom. The number of aryl methyl sites for hydroxylation is 1. The van der Waals surface area contributed by atoms with Gasteiger partial charge in [-0.25, -0.2) is 0 Å². The fourth-order valence-electron chi connectivity index (χ4n) is 3.91. The minimum absolute atomic E-state index is 0.475. The van der Waals surface area contributed by atoms with Crippen molar-refractivity contribution < 1.29 is 0 Å². The maximum absolute atomic E-state index is 9.36. The second kappa shape index (κ2) is 8.62. The monoisotopic (exact) mass is 388 g/mol. The molecule has 0 saturated heterocycles. The molecule has 0 bridgehead atoms. The quantitative estimate of drug-likeness (QED) is 0.519. The Morgan fingerprint density at radius 3 is 2.68 bits per heavy atom. The number of nitriles is 1. The molecule has 1 fully saturated rings. The van der Waals surface area contributed by atoms with Crippen LogP contribution >= 0.6 is 11.8 Å². The molecule has 142 valence electrons. The lowest BCUT2D eigenvalue weighted by Gasteiger charge is -2.22. The first kappa shape index (κ1) is 18.8. The normalized spacial score (nSPS) is 14.7. The Bertz CT molecular complexity index is 996. The third-order valence-electron chi connectivity index (χ3n) is 5.38. The number of hydrogen-bond donors (Lipinski definition) is 0. The highest BCUT2D eigenvalue weighted by molar-refractivity contribution is 7.98. The summed E-state index contributed by atoms with van der Waals surface area (Å²) < 4.78 is 2.24. The molecular weight excluding hydrogens is 364 g/mol. The molecule has 1 heterocycles. The summed E-state index contributed by atoms with van der Waals surface area (Å²) in [6.45, 7) is 2.12. The molecule has 1 aliphatic carbocycles. The molecule has 0 spiro atoms. The summed E-state index contributed by atoms with van der Waals surface area (Å²) >= 11 is 1.65. The van der Waals surface area contributed by atoms with E-state index in [9.17, 15) is 5.26 Å². The van der Waals surface area contributed by atoms with Crippen molar-refractivity contribution in [3.63, 3.8) is 0 Å².